The average molecular weight is 308 g/mol. The van der Waals surface area contributed by atoms with Crippen molar-refractivity contribution < 1.29 is 9.50 Å². The molecule has 2 N–H and O–H groups in total. The third-order valence-corrected chi connectivity index (χ3v) is 3.77. The minimum absolute atomic E-state index is 0.158. The van der Waals surface area contributed by atoms with Gasteiger partial charge in [0.2, 0.25) is 0 Å². The molecule has 2 aromatic rings. The molecule has 0 fully saturated rings. The quantitative estimate of drug-likeness (QED) is 0.834. The zero-order valence-electron chi connectivity index (χ0n) is 11.9. The second-order valence-corrected chi connectivity index (χ2v) is 5.61. The molecule has 0 aliphatic rings. The molecule has 4 heteroatoms. The molecule has 1 atom stereocenters. The third-order valence-electron chi connectivity index (χ3n) is 3.47. The normalized spacial score (nSPS) is 12.3. The van der Waals surface area contributed by atoms with Crippen molar-refractivity contribution in [3.05, 3.63) is 64.4 Å². The van der Waals surface area contributed by atoms with Crippen molar-refractivity contribution in [1.82, 2.24) is 5.32 Å². The van der Waals surface area contributed by atoms with Gasteiger partial charge in [0.15, 0.2) is 0 Å². The standard InChI is InChI=1S/C17H19ClFNO/c1-12(5-6-13-7-9-15(21)10-8-13)20-11-14-3-2-4-16(18)17(14)19/h2-4,7-10,12,20-21H,5-6,11H2,1H3. The van der Waals surface area contributed by atoms with E-state index in [4.69, 9.17) is 11.6 Å². The Labute approximate surface area is 129 Å². The van der Waals surface area contributed by atoms with E-state index in [1.54, 1.807) is 30.3 Å². The van der Waals surface area contributed by atoms with Gasteiger partial charge in [-0.15, -0.1) is 0 Å². The van der Waals surface area contributed by atoms with Gasteiger partial charge in [-0.1, -0.05) is 35.9 Å². The van der Waals surface area contributed by atoms with Crippen molar-refractivity contribution in [2.24, 2.45) is 0 Å². The van der Waals surface area contributed by atoms with Crippen LogP contribution in [-0.2, 0) is 13.0 Å². The molecular weight excluding hydrogens is 289 g/mol. The highest BCUT2D eigenvalue weighted by Crippen LogP contribution is 2.18. The lowest BCUT2D eigenvalue weighted by atomic mass is 10.1. The highest BCUT2D eigenvalue weighted by atomic mass is 35.5. The number of rotatable bonds is 6. The van der Waals surface area contributed by atoms with E-state index in [9.17, 15) is 9.50 Å². The Kier molecular flexibility index (Phi) is 5.59. The van der Waals surface area contributed by atoms with Gasteiger partial charge in [-0.3, -0.25) is 0 Å². The number of phenolic OH excluding ortho intramolecular Hbond substituents is 1. The fourth-order valence-electron chi connectivity index (χ4n) is 2.12. The number of hydrogen-bond donors (Lipinski definition) is 2. The van der Waals surface area contributed by atoms with E-state index >= 15 is 0 Å². The molecule has 0 spiro atoms. The van der Waals surface area contributed by atoms with Crippen LogP contribution in [0.4, 0.5) is 4.39 Å². The summed E-state index contributed by atoms with van der Waals surface area (Å²) in [5.41, 5.74) is 1.76. The van der Waals surface area contributed by atoms with Crippen molar-refractivity contribution in [2.75, 3.05) is 0 Å². The molecule has 0 saturated heterocycles. The number of halogens is 2. The first-order valence-electron chi connectivity index (χ1n) is 7.00. The van der Waals surface area contributed by atoms with E-state index in [0.717, 1.165) is 12.8 Å². The van der Waals surface area contributed by atoms with E-state index in [2.05, 4.69) is 12.2 Å². The van der Waals surface area contributed by atoms with Crippen LogP contribution in [0.25, 0.3) is 0 Å². The van der Waals surface area contributed by atoms with Crippen molar-refractivity contribution in [3.8, 4) is 5.75 Å². The smallest absolute Gasteiger partial charge is 0.146 e. The van der Waals surface area contributed by atoms with Crippen LogP contribution in [0.3, 0.4) is 0 Å². The van der Waals surface area contributed by atoms with Crippen molar-refractivity contribution in [3.63, 3.8) is 0 Å². The maximum Gasteiger partial charge on any atom is 0.146 e. The Bertz CT molecular complexity index is 586. The van der Waals surface area contributed by atoms with Gasteiger partial charge in [0.05, 0.1) is 5.02 Å². The average Bonchev–Trinajstić information content (AvgIpc) is 2.48. The molecule has 0 radical (unpaired) electrons. The van der Waals surface area contributed by atoms with Gasteiger partial charge < -0.3 is 10.4 Å². The summed E-state index contributed by atoms with van der Waals surface area (Å²) in [6.07, 6.45) is 1.85. The van der Waals surface area contributed by atoms with Crippen molar-refractivity contribution in [2.45, 2.75) is 32.4 Å². The number of nitrogens with one attached hydrogen (secondary N) is 1. The van der Waals surface area contributed by atoms with Crippen LogP contribution in [0.15, 0.2) is 42.5 Å². The predicted molar refractivity (Wildman–Crippen MR) is 84.1 cm³/mol. The van der Waals surface area contributed by atoms with E-state index in [-0.39, 0.29) is 22.6 Å². The van der Waals surface area contributed by atoms with Crippen LogP contribution < -0.4 is 5.32 Å². The predicted octanol–water partition coefficient (Wildman–Crippen LogP) is 4.30. The highest BCUT2D eigenvalue weighted by Gasteiger charge is 2.08. The van der Waals surface area contributed by atoms with Gasteiger partial charge >= 0.3 is 0 Å². The summed E-state index contributed by atoms with van der Waals surface area (Å²) >= 11 is 5.76. The molecule has 2 nitrogen and oxygen atoms in total. The summed E-state index contributed by atoms with van der Waals surface area (Å²) in [6, 6.07) is 12.5. The van der Waals surface area contributed by atoms with Gasteiger partial charge in [0, 0.05) is 18.2 Å². The van der Waals surface area contributed by atoms with Crippen LogP contribution in [0, 0.1) is 5.82 Å². The highest BCUT2D eigenvalue weighted by molar-refractivity contribution is 6.30. The Balaban J connectivity index is 1.80. The van der Waals surface area contributed by atoms with Crippen molar-refractivity contribution in [1.29, 1.82) is 0 Å². The monoisotopic (exact) mass is 307 g/mol. The second-order valence-electron chi connectivity index (χ2n) is 5.20. The van der Waals surface area contributed by atoms with Crippen LogP contribution in [-0.4, -0.2) is 11.1 Å². The number of hydrogen-bond acceptors (Lipinski definition) is 2. The summed E-state index contributed by atoms with van der Waals surface area (Å²) in [7, 11) is 0. The van der Waals surface area contributed by atoms with E-state index in [1.165, 1.54) is 5.56 Å². The van der Waals surface area contributed by atoms with Crippen LogP contribution >= 0.6 is 11.6 Å². The summed E-state index contributed by atoms with van der Waals surface area (Å²) in [5, 5.41) is 12.7. The lowest BCUT2D eigenvalue weighted by molar-refractivity contribution is 0.474. The Morgan fingerprint density at radius 3 is 2.62 bits per heavy atom. The lowest BCUT2D eigenvalue weighted by Crippen LogP contribution is -2.26. The van der Waals surface area contributed by atoms with E-state index in [0.29, 0.717) is 12.1 Å². The molecule has 112 valence electrons. The zero-order valence-corrected chi connectivity index (χ0v) is 12.7. The van der Waals surface area contributed by atoms with E-state index < -0.39 is 0 Å². The van der Waals surface area contributed by atoms with E-state index in [1.807, 2.05) is 12.1 Å². The van der Waals surface area contributed by atoms with Crippen molar-refractivity contribution >= 4 is 11.6 Å². The number of aryl methyl sites for hydroxylation is 1. The first-order chi connectivity index (χ1) is 10.1. The number of aromatic hydroxyl groups is 1. The molecule has 0 amide bonds. The van der Waals surface area contributed by atoms with Gasteiger partial charge in [-0.05, 0) is 43.5 Å². The topological polar surface area (TPSA) is 32.3 Å². The summed E-state index contributed by atoms with van der Waals surface area (Å²) in [6.45, 7) is 2.53. The maximum absolute atomic E-state index is 13.7. The Morgan fingerprint density at radius 2 is 1.90 bits per heavy atom. The number of benzene rings is 2. The lowest BCUT2D eigenvalue weighted by Gasteiger charge is -2.14. The number of phenols is 1. The van der Waals surface area contributed by atoms with Crippen LogP contribution in [0.2, 0.25) is 5.02 Å². The minimum atomic E-state index is -0.350. The van der Waals surface area contributed by atoms with Gasteiger partial charge in [0.25, 0.3) is 0 Å². The molecule has 0 aromatic heterocycles. The molecule has 0 saturated carbocycles. The third kappa shape index (κ3) is 4.73. The Hall–Kier alpha value is -1.58. The van der Waals surface area contributed by atoms with Gasteiger partial charge in [0.1, 0.15) is 11.6 Å². The maximum atomic E-state index is 13.7. The van der Waals surface area contributed by atoms with Crippen LogP contribution in [0.1, 0.15) is 24.5 Å². The summed E-state index contributed by atoms with van der Waals surface area (Å²) in [5.74, 6) is -0.0706. The molecule has 0 bridgehead atoms. The van der Waals surface area contributed by atoms with Gasteiger partial charge in [-0.25, -0.2) is 4.39 Å². The summed E-state index contributed by atoms with van der Waals surface area (Å²) in [4.78, 5) is 0. The molecule has 2 rings (SSSR count). The molecule has 0 aliphatic carbocycles. The summed E-state index contributed by atoms with van der Waals surface area (Å²) < 4.78 is 13.7. The molecule has 2 aromatic carbocycles. The molecule has 1 unspecified atom stereocenters. The largest absolute Gasteiger partial charge is 0.508 e. The second kappa shape index (κ2) is 7.43. The fraction of sp³-hybridized carbons (Fsp3) is 0.294. The molecule has 0 aliphatic heterocycles. The van der Waals surface area contributed by atoms with Crippen LogP contribution in [0.5, 0.6) is 5.75 Å². The Morgan fingerprint density at radius 1 is 1.19 bits per heavy atom. The first-order valence-corrected chi connectivity index (χ1v) is 7.38. The zero-order chi connectivity index (χ0) is 15.2. The van der Waals surface area contributed by atoms with Gasteiger partial charge in [-0.2, -0.15) is 0 Å². The minimum Gasteiger partial charge on any atom is -0.508 e. The molecule has 21 heavy (non-hydrogen) atoms. The molecule has 0 heterocycles. The first kappa shape index (κ1) is 15.8. The molecular formula is C17H19ClFNO. The SMILES string of the molecule is CC(CCc1ccc(O)cc1)NCc1cccc(Cl)c1F. The fourth-order valence-corrected chi connectivity index (χ4v) is 2.31.